The first-order valence-electron chi connectivity index (χ1n) is 9.86. The number of carbonyl (C=O) groups excluding carboxylic acids is 3. The molecule has 0 spiro atoms. The van der Waals surface area contributed by atoms with E-state index in [0.29, 0.717) is 30.2 Å². The second kappa shape index (κ2) is 7.86. The first-order chi connectivity index (χ1) is 14.2. The average Bonchev–Trinajstić information content (AvgIpc) is 3.20. The van der Waals surface area contributed by atoms with Crippen molar-refractivity contribution in [1.29, 1.82) is 0 Å². The maximum absolute atomic E-state index is 12.4. The first kappa shape index (κ1) is 21.1. The summed E-state index contributed by atoms with van der Waals surface area (Å²) < 4.78 is 0. The second-order valence-corrected chi connectivity index (χ2v) is 9.95. The number of hydrogen-bond donors (Lipinski definition) is 2. The van der Waals surface area contributed by atoms with Gasteiger partial charge in [-0.1, -0.05) is 6.92 Å². The zero-order valence-corrected chi connectivity index (χ0v) is 18.5. The van der Waals surface area contributed by atoms with Crippen LogP contribution >= 0.6 is 23.1 Å². The Morgan fingerprint density at radius 3 is 2.77 bits per heavy atom. The van der Waals surface area contributed by atoms with Gasteiger partial charge in [0.15, 0.2) is 5.13 Å². The molecule has 0 radical (unpaired) electrons. The third kappa shape index (κ3) is 3.28. The average molecular weight is 452 g/mol. The molecule has 0 aromatic carbocycles. The molecule has 0 unspecified atom stereocenters. The number of carboxylic acid groups (broad SMARTS) is 1. The van der Waals surface area contributed by atoms with Gasteiger partial charge < -0.3 is 30.1 Å². The smallest absolute Gasteiger partial charge is 0.270 e. The molecule has 162 valence electrons. The number of hydrogen-bond acceptors (Lipinski definition) is 9. The van der Waals surface area contributed by atoms with Gasteiger partial charge in [-0.05, 0) is 13.8 Å². The van der Waals surface area contributed by atoms with E-state index in [1.807, 2.05) is 18.7 Å². The lowest BCUT2D eigenvalue weighted by Crippen LogP contribution is -2.64. The molecular weight excluding hydrogens is 428 g/mol. The summed E-state index contributed by atoms with van der Waals surface area (Å²) in [6.45, 7) is 7.18. The molecule has 2 saturated heterocycles. The van der Waals surface area contributed by atoms with Gasteiger partial charge in [0, 0.05) is 41.1 Å². The van der Waals surface area contributed by atoms with Crippen molar-refractivity contribution in [2.24, 2.45) is 11.8 Å². The highest BCUT2D eigenvalue weighted by atomic mass is 32.2. The van der Waals surface area contributed by atoms with Crippen LogP contribution in [0.15, 0.2) is 16.0 Å². The first-order valence-corrected chi connectivity index (χ1v) is 11.6. The predicted octanol–water partition coefficient (Wildman–Crippen LogP) is -0.366. The number of carboxylic acids is 1. The predicted molar refractivity (Wildman–Crippen MR) is 111 cm³/mol. The van der Waals surface area contributed by atoms with Crippen LogP contribution in [-0.4, -0.2) is 69.8 Å². The molecule has 30 heavy (non-hydrogen) atoms. The van der Waals surface area contributed by atoms with Gasteiger partial charge in [0.25, 0.3) is 5.91 Å². The Balaban J connectivity index is 1.43. The molecule has 11 heteroatoms. The Labute approximate surface area is 182 Å². The van der Waals surface area contributed by atoms with Crippen LogP contribution in [-0.2, 0) is 9.59 Å². The van der Waals surface area contributed by atoms with E-state index in [2.05, 4.69) is 10.3 Å². The van der Waals surface area contributed by atoms with Gasteiger partial charge in [0.05, 0.1) is 29.7 Å². The number of thiazole rings is 1. The van der Waals surface area contributed by atoms with Crippen molar-refractivity contribution in [2.75, 3.05) is 24.5 Å². The summed E-state index contributed by atoms with van der Waals surface area (Å²) in [6, 6.07) is -0.331. The van der Waals surface area contributed by atoms with Gasteiger partial charge in [0.2, 0.25) is 5.91 Å². The van der Waals surface area contributed by atoms with Crippen molar-refractivity contribution >= 4 is 46.0 Å². The summed E-state index contributed by atoms with van der Waals surface area (Å²) in [7, 11) is 0. The number of aliphatic carboxylic acids is 1. The number of thioether (sulfide) groups is 1. The van der Waals surface area contributed by atoms with Crippen LogP contribution in [0.5, 0.6) is 0 Å². The third-order valence-electron chi connectivity index (χ3n) is 5.78. The molecule has 0 saturated carbocycles. The van der Waals surface area contributed by atoms with E-state index in [1.54, 1.807) is 12.3 Å². The van der Waals surface area contributed by atoms with E-state index >= 15 is 0 Å². The van der Waals surface area contributed by atoms with Crippen molar-refractivity contribution in [3.8, 4) is 0 Å². The molecule has 4 atom stereocenters. The highest BCUT2D eigenvalue weighted by Gasteiger charge is 2.59. The zero-order chi connectivity index (χ0) is 21.7. The van der Waals surface area contributed by atoms with Crippen LogP contribution in [0.1, 0.15) is 31.3 Å². The van der Waals surface area contributed by atoms with Gasteiger partial charge in [-0.3, -0.25) is 9.59 Å². The molecule has 9 nitrogen and oxygen atoms in total. The number of nitrogens with one attached hydrogen (secondary N) is 1. The molecule has 4 heterocycles. The van der Waals surface area contributed by atoms with E-state index in [-0.39, 0.29) is 34.7 Å². The van der Waals surface area contributed by atoms with E-state index in [9.17, 15) is 24.6 Å². The third-order valence-corrected chi connectivity index (χ3v) is 8.13. The molecule has 2 N–H and O–H groups in total. The van der Waals surface area contributed by atoms with Crippen molar-refractivity contribution in [2.45, 2.75) is 38.2 Å². The molecule has 1 aromatic heterocycles. The minimum atomic E-state index is -1.35. The molecule has 3 aliphatic heterocycles. The lowest BCUT2D eigenvalue weighted by atomic mass is 9.79. The van der Waals surface area contributed by atoms with Gasteiger partial charge in [0.1, 0.15) is 5.69 Å². The molecule has 0 aliphatic carbocycles. The van der Waals surface area contributed by atoms with Gasteiger partial charge in [-0.25, -0.2) is 4.98 Å². The fourth-order valence-corrected chi connectivity index (χ4v) is 6.62. The Hall–Kier alpha value is -2.11. The summed E-state index contributed by atoms with van der Waals surface area (Å²) in [4.78, 5) is 44.4. The Kier molecular flexibility index (Phi) is 5.54. The fourth-order valence-electron chi connectivity index (χ4n) is 4.28. The van der Waals surface area contributed by atoms with E-state index in [0.717, 1.165) is 5.13 Å². The molecule has 2 fully saturated rings. The SMILES string of the molecule is CCNC(=O)c1csc(N2CC(SC3=C(C(=O)[O-])N4C(=O)[C@H]([C@@H](C)O)[C@H]4[C@H]3C)C2)n1. The molecule has 3 aliphatic rings. The van der Waals surface area contributed by atoms with Gasteiger partial charge >= 0.3 is 0 Å². The Morgan fingerprint density at radius 1 is 1.47 bits per heavy atom. The van der Waals surface area contributed by atoms with Gasteiger partial charge in [-0.2, -0.15) is 0 Å². The number of carbonyl (C=O) groups is 3. The zero-order valence-electron chi connectivity index (χ0n) is 16.8. The second-order valence-electron chi connectivity index (χ2n) is 7.77. The van der Waals surface area contributed by atoms with Crippen molar-refractivity contribution < 1.29 is 24.6 Å². The molecule has 2 amide bonds. The number of β-lactam (4-membered cyclic amide) rings is 1. The molecule has 0 bridgehead atoms. The van der Waals surface area contributed by atoms with Crippen LogP contribution in [0.25, 0.3) is 0 Å². The minimum Gasteiger partial charge on any atom is -0.543 e. The molecule has 1 aromatic rings. The molecule has 4 rings (SSSR count). The van der Waals surface area contributed by atoms with Gasteiger partial charge in [-0.15, -0.1) is 23.1 Å². The molecular formula is C19H23N4O5S2-. The largest absolute Gasteiger partial charge is 0.543 e. The van der Waals surface area contributed by atoms with Crippen LogP contribution in [0.2, 0.25) is 0 Å². The minimum absolute atomic E-state index is 0.0504. The Bertz CT molecular complexity index is 924. The number of aromatic nitrogens is 1. The van der Waals surface area contributed by atoms with E-state index in [1.165, 1.54) is 28.0 Å². The fraction of sp³-hybridized carbons (Fsp3) is 0.579. The summed E-state index contributed by atoms with van der Waals surface area (Å²) in [5.41, 5.74) is 0.344. The topological polar surface area (TPSA) is 126 Å². The summed E-state index contributed by atoms with van der Waals surface area (Å²) in [5.74, 6) is -2.65. The number of rotatable bonds is 7. The van der Waals surface area contributed by atoms with Crippen LogP contribution in [0.3, 0.4) is 0 Å². The lowest BCUT2D eigenvalue weighted by molar-refractivity contribution is -0.301. The van der Waals surface area contributed by atoms with Crippen LogP contribution in [0, 0.1) is 11.8 Å². The maximum atomic E-state index is 12.4. The summed E-state index contributed by atoms with van der Waals surface area (Å²) in [5, 5.41) is 27.0. The van der Waals surface area contributed by atoms with Crippen LogP contribution in [0.4, 0.5) is 5.13 Å². The highest BCUT2D eigenvalue weighted by Crippen LogP contribution is 2.51. The number of nitrogens with zero attached hydrogens (tertiary/aromatic N) is 3. The number of fused-ring (bicyclic) bond motifs is 1. The number of aliphatic hydroxyl groups is 1. The Morgan fingerprint density at radius 2 is 2.17 bits per heavy atom. The van der Waals surface area contributed by atoms with Crippen molar-refractivity contribution in [3.05, 3.63) is 21.7 Å². The standard InChI is InChI=1S/C19H24N4O5S2/c1-4-20-16(25)11-7-29-19(21-11)22-5-10(6-22)30-15-8(2)13-12(9(3)24)17(26)23(13)14(15)18(27)28/h7-10,12-13,24H,4-6H2,1-3H3,(H,20,25)(H,27,28)/p-1/t8-,9-,12-,13-/m1/s1. The van der Waals surface area contributed by atoms with E-state index < -0.39 is 18.0 Å². The highest BCUT2D eigenvalue weighted by molar-refractivity contribution is 8.03. The van der Waals surface area contributed by atoms with Crippen molar-refractivity contribution in [1.82, 2.24) is 15.2 Å². The monoisotopic (exact) mass is 451 g/mol. The lowest BCUT2D eigenvalue weighted by Gasteiger charge is -2.47. The number of amides is 2. The number of anilines is 1. The maximum Gasteiger partial charge on any atom is 0.270 e. The number of aliphatic hydroxyl groups excluding tert-OH is 1. The van der Waals surface area contributed by atoms with E-state index in [4.69, 9.17) is 0 Å². The summed E-state index contributed by atoms with van der Waals surface area (Å²) >= 11 is 2.86. The van der Waals surface area contributed by atoms with Crippen molar-refractivity contribution in [3.63, 3.8) is 0 Å². The quantitative estimate of drug-likeness (QED) is 0.538. The summed E-state index contributed by atoms with van der Waals surface area (Å²) in [6.07, 6.45) is -0.822. The van der Waals surface area contributed by atoms with Crippen LogP contribution < -0.4 is 15.3 Å². The normalized spacial score (nSPS) is 26.9.